The Morgan fingerprint density at radius 1 is 1.18 bits per heavy atom. The third-order valence-corrected chi connectivity index (χ3v) is 6.48. The maximum atomic E-state index is 13.0. The van der Waals surface area contributed by atoms with E-state index < -0.39 is 6.36 Å². The van der Waals surface area contributed by atoms with Gasteiger partial charge in [-0.15, -0.1) is 0 Å². The van der Waals surface area contributed by atoms with Gasteiger partial charge in [-0.1, -0.05) is 5.16 Å². The molecule has 3 aromatic heterocycles. The lowest BCUT2D eigenvalue weighted by molar-refractivity contribution is 0.0861. The van der Waals surface area contributed by atoms with E-state index in [-0.39, 0.29) is 18.0 Å². The van der Waals surface area contributed by atoms with E-state index in [0.717, 1.165) is 18.8 Å². The summed E-state index contributed by atoms with van der Waals surface area (Å²) in [6, 6.07) is 7.49. The lowest BCUT2D eigenvalue weighted by atomic mass is 10.2. The number of halogens is 1. The van der Waals surface area contributed by atoms with E-state index in [1.807, 2.05) is 12.1 Å². The summed E-state index contributed by atoms with van der Waals surface area (Å²) in [5.41, 5.74) is 1.74. The normalized spacial score (nSPS) is 22.5. The van der Waals surface area contributed by atoms with Crippen molar-refractivity contribution in [2.24, 2.45) is 18.9 Å². The van der Waals surface area contributed by atoms with Crippen molar-refractivity contribution in [1.82, 2.24) is 29.2 Å². The molecule has 2 fully saturated rings. The van der Waals surface area contributed by atoms with Gasteiger partial charge in [-0.2, -0.15) is 4.98 Å². The number of anilines is 1. The minimum absolute atomic E-state index is 0.167. The molecule has 0 radical (unpaired) electrons. The summed E-state index contributed by atoms with van der Waals surface area (Å²) in [5.74, 6) is 2.80. The first kappa shape index (κ1) is 19.9. The summed E-state index contributed by atoms with van der Waals surface area (Å²) in [4.78, 5) is 27.9. The van der Waals surface area contributed by atoms with Crippen molar-refractivity contribution in [2.45, 2.75) is 25.7 Å². The molecule has 1 aliphatic carbocycles. The van der Waals surface area contributed by atoms with Gasteiger partial charge in [-0.3, -0.25) is 9.36 Å². The van der Waals surface area contributed by atoms with Crippen LogP contribution in [0.15, 0.2) is 46.2 Å². The number of alkyl halides is 1. The van der Waals surface area contributed by atoms with E-state index in [1.54, 1.807) is 30.1 Å². The highest BCUT2D eigenvalue weighted by Crippen LogP contribution is 2.57. The molecule has 0 N–H and O–H groups in total. The number of rotatable bonds is 6. The molecular formula is C22H22FN7O3. The summed E-state index contributed by atoms with van der Waals surface area (Å²) in [6.45, 7) is 3.33. The molecule has 1 saturated carbocycles. The van der Waals surface area contributed by atoms with Gasteiger partial charge >= 0.3 is 0 Å². The van der Waals surface area contributed by atoms with E-state index in [9.17, 15) is 9.18 Å². The Labute approximate surface area is 187 Å². The van der Waals surface area contributed by atoms with E-state index in [4.69, 9.17) is 9.26 Å². The highest BCUT2D eigenvalue weighted by atomic mass is 19.1. The standard InChI is InChI=1S/C22H22FN7O3/c1-12(23)32-14-5-3-13(4-6-14)29-7-15-16(8-29)18(15)20-26-17(33-27-20)9-30-11-25-21-19(22(30)31)28(2)10-24-21/h3-6,10-12,15-16,18H,7-9H2,1-2H3/t12?,15-,16+,18?. The molecule has 11 heteroatoms. The molecule has 4 atom stereocenters. The first-order chi connectivity index (χ1) is 16.0. The van der Waals surface area contributed by atoms with Gasteiger partial charge in [0.25, 0.3) is 5.56 Å². The Morgan fingerprint density at radius 3 is 2.64 bits per heavy atom. The van der Waals surface area contributed by atoms with Crippen LogP contribution in [0.2, 0.25) is 0 Å². The molecule has 170 valence electrons. The molecule has 6 rings (SSSR count). The van der Waals surface area contributed by atoms with Crippen LogP contribution in [0.5, 0.6) is 5.75 Å². The van der Waals surface area contributed by atoms with Crippen LogP contribution in [-0.2, 0) is 13.6 Å². The van der Waals surface area contributed by atoms with Crippen LogP contribution < -0.4 is 15.2 Å². The van der Waals surface area contributed by atoms with Crippen LogP contribution in [0.25, 0.3) is 11.2 Å². The molecule has 4 heterocycles. The zero-order valence-corrected chi connectivity index (χ0v) is 18.1. The minimum atomic E-state index is -1.33. The fourth-order valence-corrected chi connectivity index (χ4v) is 4.84. The van der Waals surface area contributed by atoms with Crippen molar-refractivity contribution in [2.75, 3.05) is 18.0 Å². The molecule has 4 aromatic rings. The molecule has 1 aromatic carbocycles. The van der Waals surface area contributed by atoms with Gasteiger partial charge in [-0.25, -0.2) is 14.4 Å². The van der Waals surface area contributed by atoms with Gasteiger partial charge in [0, 0.05) is 38.7 Å². The smallest absolute Gasteiger partial charge is 0.280 e. The first-order valence-electron chi connectivity index (χ1n) is 10.8. The third kappa shape index (κ3) is 3.43. The lowest BCUT2D eigenvalue weighted by Gasteiger charge is -2.21. The second kappa shape index (κ2) is 7.39. The Kier molecular flexibility index (Phi) is 4.46. The topological polar surface area (TPSA) is 104 Å². The van der Waals surface area contributed by atoms with Gasteiger partial charge in [0.05, 0.1) is 6.33 Å². The number of fused-ring (bicyclic) bond motifs is 2. The summed E-state index contributed by atoms with van der Waals surface area (Å²) in [5, 5.41) is 4.18. The number of hydrogen-bond donors (Lipinski definition) is 0. The first-order valence-corrected chi connectivity index (χ1v) is 10.8. The van der Waals surface area contributed by atoms with Crippen molar-refractivity contribution >= 4 is 16.9 Å². The summed E-state index contributed by atoms with van der Waals surface area (Å²) in [7, 11) is 1.76. The van der Waals surface area contributed by atoms with Crippen LogP contribution in [0.4, 0.5) is 10.1 Å². The number of aryl methyl sites for hydroxylation is 1. The molecule has 2 unspecified atom stereocenters. The zero-order chi connectivity index (χ0) is 22.7. The Morgan fingerprint density at radius 2 is 1.91 bits per heavy atom. The van der Waals surface area contributed by atoms with Gasteiger partial charge in [0.15, 0.2) is 17.0 Å². The Bertz CT molecular complexity index is 1360. The summed E-state index contributed by atoms with van der Waals surface area (Å²) >= 11 is 0. The van der Waals surface area contributed by atoms with Crippen molar-refractivity contribution in [3.05, 3.63) is 59.0 Å². The maximum Gasteiger partial charge on any atom is 0.280 e. The zero-order valence-electron chi connectivity index (χ0n) is 18.1. The largest absolute Gasteiger partial charge is 0.461 e. The molecule has 33 heavy (non-hydrogen) atoms. The summed E-state index contributed by atoms with van der Waals surface area (Å²) in [6.07, 6.45) is 1.69. The fourth-order valence-electron chi connectivity index (χ4n) is 4.84. The number of hydrogen-bond acceptors (Lipinski definition) is 8. The van der Waals surface area contributed by atoms with E-state index in [2.05, 4.69) is 25.0 Å². The Hall–Kier alpha value is -3.76. The highest BCUT2D eigenvalue weighted by molar-refractivity contribution is 5.68. The molecule has 0 bridgehead atoms. The molecule has 1 aliphatic heterocycles. The van der Waals surface area contributed by atoms with Gasteiger partial charge in [-0.05, 0) is 36.1 Å². The number of nitrogens with zero attached hydrogens (tertiary/aromatic N) is 7. The molecule has 10 nitrogen and oxygen atoms in total. The van der Waals surface area contributed by atoms with E-state index in [0.29, 0.717) is 40.5 Å². The number of benzene rings is 1. The van der Waals surface area contributed by atoms with Crippen molar-refractivity contribution in [3.63, 3.8) is 0 Å². The summed E-state index contributed by atoms with van der Waals surface area (Å²) < 4.78 is 26.6. The van der Waals surface area contributed by atoms with Gasteiger partial charge in [0.1, 0.15) is 18.6 Å². The average Bonchev–Trinajstić information content (AvgIpc) is 3.20. The van der Waals surface area contributed by atoms with E-state index in [1.165, 1.54) is 17.8 Å². The van der Waals surface area contributed by atoms with Crippen LogP contribution in [0.3, 0.4) is 0 Å². The van der Waals surface area contributed by atoms with E-state index >= 15 is 0 Å². The van der Waals surface area contributed by atoms with Gasteiger partial charge < -0.3 is 18.7 Å². The lowest BCUT2D eigenvalue weighted by Crippen LogP contribution is -2.23. The number of ether oxygens (including phenoxy) is 1. The molecule has 1 saturated heterocycles. The van der Waals surface area contributed by atoms with Crippen molar-refractivity contribution in [1.29, 1.82) is 0 Å². The monoisotopic (exact) mass is 451 g/mol. The molecule has 0 spiro atoms. The van der Waals surface area contributed by atoms with Crippen LogP contribution in [0, 0.1) is 11.8 Å². The molecule has 0 amide bonds. The van der Waals surface area contributed by atoms with Crippen molar-refractivity contribution in [3.8, 4) is 5.75 Å². The van der Waals surface area contributed by atoms with Crippen LogP contribution >= 0.6 is 0 Å². The predicted molar refractivity (Wildman–Crippen MR) is 116 cm³/mol. The second-order valence-electron chi connectivity index (χ2n) is 8.66. The second-order valence-corrected chi connectivity index (χ2v) is 8.66. The van der Waals surface area contributed by atoms with Gasteiger partial charge in [0.2, 0.25) is 12.2 Å². The van der Waals surface area contributed by atoms with Crippen LogP contribution in [-0.4, -0.2) is 48.7 Å². The van der Waals surface area contributed by atoms with Crippen LogP contribution in [0.1, 0.15) is 24.6 Å². The third-order valence-electron chi connectivity index (χ3n) is 6.48. The predicted octanol–water partition coefficient (Wildman–Crippen LogP) is 2.11. The Balaban J connectivity index is 1.11. The number of piperidine rings is 1. The highest BCUT2D eigenvalue weighted by Gasteiger charge is 2.58. The number of imidazole rings is 1. The SMILES string of the molecule is CC(F)Oc1ccc(N2C[C@@H]3C(c4noc(Cn5cnc6ncn(C)c6c5=O)n4)[C@@H]3C2)cc1. The van der Waals surface area contributed by atoms with Crippen molar-refractivity contribution < 1.29 is 13.7 Å². The molecular weight excluding hydrogens is 429 g/mol. The fraction of sp³-hybridized carbons (Fsp3) is 0.409. The average molecular weight is 451 g/mol. The maximum absolute atomic E-state index is 13.0. The number of aromatic nitrogens is 6. The molecule has 2 aliphatic rings. The minimum Gasteiger partial charge on any atom is -0.461 e. The quantitative estimate of drug-likeness (QED) is 0.439.